The number of ketones is 2. The number of amides is 1. The first kappa shape index (κ1) is 25.1. The smallest absolute Gasteiger partial charge is 0.260 e. The van der Waals surface area contributed by atoms with Gasteiger partial charge in [0.25, 0.3) is 5.91 Å². The normalized spacial score (nSPS) is 32.4. The first-order chi connectivity index (χ1) is 16.2. The van der Waals surface area contributed by atoms with Gasteiger partial charge >= 0.3 is 0 Å². The minimum Gasteiger partial charge on any atom is -0.508 e. The quantitative estimate of drug-likeness (QED) is 0.214. The van der Waals surface area contributed by atoms with Crippen LogP contribution < -0.4 is 5.32 Å². The fourth-order valence-corrected chi connectivity index (χ4v) is 6.07. The lowest BCUT2D eigenvalue weighted by molar-refractivity contribution is -0.159. The summed E-state index contributed by atoms with van der Waals surface area (Å²) in [5.74, 6) is -8.33. The maximum absolute atomic E-state index is 13.8. The fourth-order valence-electron chi connectivity index (χ4n) is 5.72. The van der Waals surface area contributed by atoms with Crippen molar-refractivity contribution in [1.29, 1.82) is 0 Å². The number of aliphatic hydroxyl groups is 5. The first-order valence-electron chi connectivity index (χ1n) is 10.7. The average molecular weight is 509 g/mol. The van der Waals surface area contributed by atoms with Crippen molar-refractivity contribution in [3.63, 3.8) is 0 Å². The summed E-state index contributed by atoms with van der Waals surface area (Å²) in [6.45, 7) is 0.454. The standard InChI is InChI=1S/C23H25ClN2O9/c1-22(34)8-6-9-16(26(2)3)18(30)14(21(33)25-7-27)20(32)23(9,35)19(31)12(8)17(29)13-11(28)5-4-10(24)15(13)22/h4-5,8-9,16,27-29,32,34-35H,6-7H2,1-3H3,(H,25,33)/t8-,9-,16-,22-,23-/m0/s1. The Morgan fingerprint density at radius 1 is 1.20 bits per heavy atom. The molecule has 7 N–H and O–H groups in total. The number of benzene rings is 1. The second-order valence-corrected chi connectivity index (χ2v) is 9.78. The zero-order valence-electron chi connectivity index (χ0n) is 19.0. The van der Waals surface area contributed by atoms with Crippen LogP contribution in [0.25, 0.3) is 5.76 Å². The van der Waals surface area contributed by atoms with Crippen molar-refractivity contribution in [2.75, 3.05) is 20.8 Å². The second kappa shape index (κ2) is 8.04. The van der Waals surface area contributed by atoms with Crippen LogP contribution in [0.2, 0.25) is 5.02 Å². The second-order valence-electron chi connectivity index (χ2n) is 9.38. The number of carbonyl (C=O) groups excluding carboxylic acids is 3. The number of Topliss-reactive ketones (excluding diaryl/α,β-unsaturated/α-hetero) is 2. The SMILES string of the molecule is CN(C)[C@@H]1C(=O)C(C(=O)NCO)=C(O)[C@@]2(O)C(=O)C3=C(O)c4c(O)ccc(Cl)c4[C@@](C)(O)[C@H]3C[C@@H]12. The number of nitrogens with one attached hydrogen (secondary N) is 1. The molecule has 0 aromatic heterocycles. The van der Waals surface area contributed by atoms with Crippen molar-refractivity contribution < 1.29 is 45.0 Å². The van der Waals surface area contributed by atoms with E-state index >= 15 is 0 Å². The van der Waals surface area contributed by atoms with E-state index in [2.05, 4.69) is 0 Å². The average Bonchev–Trinajstić information content (AvgIpc) is 2.76. The Bertz CT molecular complexity index is 1240. The molecule has 1 fully saturated rings. The summed E-state index contributed by atoms with van der Waals surface area (Å²) in [5.41, 5.74) is -6.49. The summed E-state index contributed by atoms with van der Waals surface area (Å²) < 4.78 is 0. The molecule has 3 aliphatic rings. The Balaban J connectivity index is 2.04. The molecule has 1 saturated carbocycles. The predicted octanol–water partition coefficient (Wildman–Crippen LogP) is -0.137. The number of nitrogens with zero attached hydrogens (tertiary/aromatic N) is 1. The predicted molar refractivity (Wildman–Crippen MR) is 121 cm³/mol. The highest BCUT2D eigenvalue weighted by molar-refractivity contribution is 6.32. The summed E-state index contributed by atoms with van der Waals surface area (Å²) in [4.78, 5) is 41.0. The third-order valence-corrected chi connectivity index (χ3v) is 7.61. The van der Waals surface area contributed by atoms with Crippen molar-refractivity contribution in [3.8, 4) is 5.75 Å². The van der Waals surface area contributed by atoms with Gasteiger partial charge in [0, 0.05) is 28.0 Å². The molecule has 0 radical (unpaired) electrons. The molecule has 5 atom stereocenters. The molecule has 0 spiro atoms. The number of hydrogen-bond donors (Lipinski definition) is 7. The van der Waals surface area contributed by atoms with Gasteiger partial charge in [-0.15, -0.1) is 0 Å². The molecule has 1 amide bonds. The molecule has 188 valence electrons. The molecule has 1 aromatic carbocycles. The molecular weight excluding hydrogens is 484 g/mol. The van der Waals surface area contributed by atoms with E-state index in [4.69, 9.17) is 16.7 Å². The van der Waals surface area contributed by atoms with Crippen LogP contribution in [0.1, 0.15) is 24.5 Å². The van der Waals surface area contributed by atoms with E-state index in [9.17, 15) is 39.9 Å². The molecule has 3 aliphatic carbocycles. The van der Waals surface area contributed by atoms with Gasteiger partial charge in [-0.1, -0.05) is 11.6 Å². The number of phenols is 1. The topological polar surface area (TPSA) is 188 Å². The molecule has 0 aliphatic heterocycles. The molecule has 12 heteroatoms. The zero-order chi connectivity index (χ0) is 26.2. The molecule has 35 heavy (non-hydrogen) atoms. The van der Waals surface area contributed by atoms with Crippen LogP contribution in [-0.2, 0) is 20.0 Å². The van der Waals surface area contributed by atoms with Gasteiger partial charge in [0.1, 0.15) is 29.6 Å². The van der Waals surface area contributed by atoms with Gasteiger partial charge in [-0.05, 0) is 39.6 Å². The molecule has 0 bridgehead atoms. The maximum Gasteiger partial charge on any atom is 0.260 e. The highest BCUT2D eigenvalue weighted by atomic mass is 35.5. The largest absolute Gasteiger partial charge is 0.508 e. The number of halogens is 1. The van der Waals surface area contributed by atoms with Gasteiger partial charge in [-0.2, -0.15) is 0 Å². The lowest BCUT2D eigenvalue weighted by Gasteiger charge is -2.53. The zero-order valence-corrected chi connectivity index (χ0v) is 19.8. The van der Waals surface area contributed by atoms with Crippen molar-refractivity contribution >= 4 is 34.8 Å². The number of carbonyl (C=O) groups is 3. The van der Waals surface area contributed by atoms with Gasteiger partial charge in [0.2, 0.25) is 5.78 Å². The maximum atomic E-state index is 13.8. The van der Waals surface area contributed by atoms with E-state index in [0.29, 0.717) is 0 Å². The van der Waals surface area contributed by atoms with E-state index in [-0.39, 0.29) is 22.6 Å². The molecule has 0 saturated heterocycles. The number of hydrogen-bond acceptors (Lipinski definition) is 10. The lowest BCUT2D eigenvalue weighted by atomic mass is 9.54. The van der Waals surface area contributed by atoms with Gasteiger partial charge in [0.05, 0.1) is 17.2 Å². The number of aromatic hydroxyl groups is 1. The molecule has 0 heterocycles. The minimum atomic E-state index is -2.83. The highest BCUT2D eigenvalue weighted by Gasteiger charge is 2.66. The van der Waals surface area contributed by atoms with Crippen molar-refractivity contribution in [3.05, 3.63) is 45.2 Å². The third kappa shape index (κ3) is 3.16. The van der Waals surface area contributed by atoms with Crippen LogP contribution in [0.4, 0.5) is 0 Å². The van der Waals surface area contributed by atoms with Gasteiger partial charge in [-0.3, -0.25) is 19.3 Å². The number of phenolic OH excluding ortho intramolecular Hbond substituents is 1. The Labute approximate surface area is 204 Å². The summed E-state index contributed by atoms with van der Waals surface area (Å²) in [5, 5.41) is 66.7. The first-order valence-corrected chi connectivity index (χ1v) is 11.1. The van der Waals surface area contributed by atoms with E-state index in [1.165, 1.54) is 32.0 Å². The van der Waals surface area contributed by atoms with Gasteiger partial charge < -0.3 is 36.0 Å². The van der Waals surface area contributed by atoms with Crippen molar-refractivity contribution in [1.82, 2.24) is 10.2 Å². The van der Waals surface area contributed by atoms with E-state index in [1.54, 1.807) is 0 Å². The summed E-state index contributed by atoms with van der Waals surface area (Å²) in [6, 6.07) is 1.19. The fraction of sp³-hybridized carbons (Fsp3) is 0.435. The van der Waals surface area contributed by atoms with Gasteiger partial charge in [-0.25, -0.2) is 0 Å². The van der Waals surface area contributed by atoms with Crippen molar-refractivity contribution in [2.24, 2.45) is 11.8 Å². The highest BCUT2D eigenvalue weighted by Crippen LogP contribution is 2.58. The van der Waals surface area contributed by atoms with Crippen LogP contribution in [0, 0.1) is 11.8 Å². The van der Waals surface area contributed by atoms with E-state index < -0.39 is 81.7 Å². The third-order valence-electron chi connectivity index (χ3n) is 7.29. The molecule has 4 rings (SSSR count). The molecule has 1 aromatic rings. The Morgan fingerprint density at radius 2 is 1.83 bits per heavy atom. The monoisotopic (exact) mass is 508 g/mol. The van der Waals surface area contributed by atoms with Crippen LogP contribution >= 0.6 is 11.6 Å². The Kier molecular flexibility index (Phi) is 5.77. The molecule has 11 nitrogen and oxygen atoms in total. The van der Waals surface area contributed by atoms with Crippen LogP contribution in [0.3, 0.4) is 0 Å². The minimum absolute atomic E-state index is 0.0104. The van der Waals surface area contributed by atoms with Gasteiger partial charge in [0.15, 0.2) is 11.4 Å². The number of likely N-dealkylation sites (N-methyl/N-ethyl adjacent to an activating group) is 1. The summed E-state index contributed by atoms with van der Waals surface area (Å²) in [6.07, 6.45) is -0.284. The van der Waals surface area contributed by atoms with Crippen LogP contribution in [0.15, 0.2) is 29.0 Å². The van der Waals surface area contributed by atoms with Crippen molar-refractivity contribution in [2.45, 2.75) is 30.6 Å². The van der Waals surface area contributed by atoms with E-state index in [0.717, 1.165) is 6.07 Å². The molecular formula is C23H25ClN2O9. The lowest BCUT2D eigenvalue weighted by Crippen LogP contribution is -2.67. The van der Waals surface area contributed by atoms with E-state index in [1.807, 2.05) is 5.32 Å². The summed E-state index contributed by atoms with van der Waals surface area (Å²) >= 11 is 6.29. The summed E-state index contributed by atoms with van der Waals surface area (Å²) in [7, 11) is 2.95. The molecule has 0 unspecified atom stereocenters. The Morgan fingerprint density at radius 3 is 2.40 bits per heavy atom. The Hall–Kier alpha value is -2.96. The number of rotatable bonds is 3. The van der Waals surface area contributed by atoms with Crippen LogP contribution in [0.5, 0.6) is 5.75 Å². The number of fused-ring (bicyclic) bond motifs is 3. The number of aliphatic hydroxyl groups excluding tert-OH is 3. The van der Waals surface area contributed by atoms with Crippen LogP contribution in [-0.4, -0.2) is 85.5 Å².